The van der Waals surface area contributed by atoms with E-state index in [0.29, 0.717) is 43.2 Å². The number of nitrogens with zero attached hydrogens (tertiary/aromatic N) is 3. The number of hydrogen-bond donors (Lipinski definition) is 1. The van der Waals surface area contributed by atoms with Crippen molar-refractivity contribution < 1.29 is 19.1 Å². The van der Waals surface area contributed by atoms with Crippen molar-refractivity contribution in [2.75, 3.05) is 46.3 Å². The fourth-order valence-electron chi connectivity index (χ4n) is 6.70. The van der Waals surface area contributed by atoms with Gasteiger partial charge in [0.15, 0.2) is 0 Å². The summed E-state index contributed by atoms with van der Waals surface area (Å²) in [6, 6.07) is 9.65. The molecule has 3 heterocycles. The Hall–Kier alpha value is -2.61. The average Bonchev–Trinajstić information content (AvgIpc) is 3.03. The summed E-state index contributed by atoms with van der Waals surface area (Å²) in [4.78, 5) is 44.7. The van der Waals surface area contributed by atoms with Crippen molar-refractivity contribution in [2.45, 2.75) is 51.2 Å². The maximum atomic E-state index is 13.1. The Morgan fingerprint density at radius 2 is 1.64 bits per heavy atom. The molecule has 2 bridgehead atoms. The SMILES string of the molecule is CN1CC(C(=O)N2CC3CCC(C2)C3CC(=O)NC2CCCCN(C(=O)OCc3ccccc3)C2)C1. The van der Waals surface area contributed by atoms with Crippen LogP contribution >= 0.6 is 0 Å². The van der Waals surface area contributed by atoms with Crippen LogP contribution < -0.4 is 5.32 Å². The van der Waals surface area contributed by atoms with Gasteiger partial charge in [0.2, 0.25) is 11.8 Å². The van der Waals surface area contributed by atoms with E-state index in [9.17, 15) is 14.4 Å². The summed E-state index contributed by atoms with van der Waals surface area (Å²) in [6.07, 6.45) is 5.22. The molecule has 196 valence electrons. The number of piperidine rings is 1. The topological polar surface area (TPSA) is 82.2 Å². The summed E-state index contributed by atoms with van der Waals surface area (Å²) in [5, 5.41) is 3.23. The second-order valence-corrected chi connectivity index (χ2v) is 11.4. The third-order valence-electron chi connectivity index (χ3n) is 8.68. The number of fused-ring (bicyclic) bond motifs is 2. The summed E-state index contributed by atoms with van der Waals surface area (Å²) >= 11 is 0. The predicted octanol–water partition coefficient (Wildman–Crippen LogP) is 2.73. The maximum Gasteiger partial charge on any atom is 0.410 e. The molecule has 5 rings (SSSR count). The molecule has 3 aliphatic heterocycles. The van der Waals surface area contributed by atoms with Gasteiger partial charge in [-0.25, -0.2) is 4.79 Å². The molecule has 3 amide bonds. The summed E-state index contributed by atoms with van der Waals surface area (Å²) in [7, 11) is 2.06. The van der Waals surface area contributed by atoms with Crippen LogP contribution in [0.4, 0.5) is 4.79 Å². The Bertz CT molecular complexity index is 921. The van der Waals surface area contributed by atoms with Crippen LogP contribution in [0.3, 0.4) is 0 Å². The number of benzene rings is 1. The summed E-state index contributed by atoms with van der Waals surface area (Å²) in [5.74, 6) is 1.76. The summed E-state index contributed by atoms with van der Waals surface area (Å²) < 4.78 is 5.54. The molecular formula is C28H40N4O4. The second kappa shape index (κ2) is 11.2. The molecule has 8 heteroatoms. The highest BCUT2D eigenvalue weighted by molar-refractivity contribution is 5.80. The Balaban J connectivity index is 1.09. The number of amides is 3. The number of carbonyl (C=O) groups excluding carboxylic acids is 3. The van der Waals surface area contributed by atoms with Crippen molar-refractivity contribution in [3.8, 4) is 0 Å². The van der Waals surface area contributed by atoms with Crippen LogP contribution in [0, 0.1) is 23.7 Å². The highest BCUT2D eigenvalue weighted by atomic mass is 16.6. The molecule has 0 aromatic heterocycles. The lowest BCUT2D eigenvalue weighted by Crippen LogP contribution is -2.56. The first-order chi connectivity index (χ1) is 17.5. The zero-order valence-electron chi connectivity index (χ0n) is 21.4. The molecule has 3 unspecified atom stereocenters. The molecular weight excluding hydrogens is 456 g/mol. The molecule has 1 N–H and O–H groups in total. The minimum atomic E-state index is -0.312. The van der Waals surface area contributed by atoms with Gasteiger partial charge in [0, 0.05) is 51.7 Å². The van der Waals surface area contributed by atoms with Gasteiger partial charge in [0.1, 0.15) is 6.61 Å². The average molecular weight is 497 g/mol. The Labute approximate surface area is 214 Å². The van der Waals surface area contributed by atoms with E-state index in [0.717, 1.165) is 63.8 Å². The van der Waals surface area contributed by atoms with Crippen LogP contribution in [-0.2, 0) is 20.9 Å². The standard InChI is InChI=1S/C28H40N4O4/c1-30-14-23(15-30)27(34)32-16-21-10-11-22(17-32)25(21)13-26(33)29-24-9-5-6-12-31(18-24)28(35)36-19-20-7-3-2-4-8-20/h2-4,7-8,21-25H,5-6,9-19H2,1H3,(H,29,33). The number of carbonyl (C=O) groups is 3. The van der Waals surface area contributed by atoms with Gasteiger partial charge >= 0.3 is 6.09 Å². The molecule has 36 heavy (non-hydrogen) atoms. The quantitative estimate of drug-likeness (QED) is 0.655. The van der Waals surface area contributed by atoms with Crippen molar-refractivity contribution >= 4 is 17.9 Å². The Kier molecular flexibility index (Phi) is 7.79. The van der Waals surface area contributed by atoms with Gasteiger partial charge in [-0.05, 0) is 62.5 Å². The van der Waals surface area contributed by atoms with E-state index in [2.05, 4.69) is 22.2 Å². The first-order valence-electron chi connectivity index (χ1n) is 13.7. The van der Waals surface area contributed by atoms with Crippen molar-refractivity contribution in [2.24, 2.45) is 23.7 Å². The lowest BCUT2D eigenvalue weighted by Gasteiger charge is -2.43. The van der Waals surface area contributed by atoms with Crippen LogP contribution in [0.5, 0.6) is 0 Å². The third kappa shape index (κ3) is 5.85. The monoisotopic (exact) mass is 496 g/mol. The largest absolute Gasteiger partial charge is 0.445 e. The molecule has 1 saturated carbocycles. The van der Waals surface area contributed by atoms with E-state index in [1.54, 1.807) is 4.90 Å². The van der Waals surface area contributed by atoms with Crippen molar-refractivity contribution in [3.05, 3.63) is 35.9 Å². The van der Waals surface area contributed by atoms with Gasteiger partial charge in [0.25, 0.3) is 0 Å². The Morgan fingerprint density at radius 1 is 0.917 bits per heavy atom. The molecule has 8 nitrogen and oxygen atoms in total. The smallest absolute Gasteiger partial charge is 0.410 e. The molecule has 1 aromatic carbocycles. The van der Waals surface area contributed by atoms with Crippen LogP contribution in [0.1, 0.15) is 44.1 Å². The molecule has 0 radical (unpaired) electrons. The van der Waals surface area contributed by atoms with E-state index in [4.69, 9.17) is 4.74 Å². The predicted molar refractivity (Wildman–Crippen MR) is 136 cm³/mol. The fraction of sp³-hybridized carbons (Fsp3) is 0.679. The van der Waals surface area contributed by atoms with E-state index in [-0.39, 0.29) is 30.6 Å². The van der Waals surface area contributed by atoms with Gasteiger partial charge in [-0.1, -0.05) is 30.3 Å². The highest BCUT2D eigenvalue weighted by Crippen LogP contribution is 2.44. The van der Waals surface area contributed by atoms with Gasteiger partial charge in [-0.3, -0.25) is 9.59 Å². The molecule has 1 aliphatic carbocycles. The minimum Gasteiger partial charge on any atom is -0.445 e. The number of rotatable bonds is 6. The molecule has 4 fully saturated rings. The second-order valence-electron chi connectivity index (χ2n) is 11.4. The van der Waals surface area contributed by atoms with E-state index in [1.807, 2.05) is 30.3 Å². The number of hydrogen-bond acceptors (Lipinski definition) is 5. The van der Waals surface area contributed by atoms with Crippen molar-refractivity contribution in [1.82, 2.24) is 20.0 Å². The molecule has 1 aromatic rings. The van der Waals surface area contributed by atoms with Gasteiger partial charge in [0.05, 0.1) is 5.92 Å². The van der Waals surface area contributed by atoms with Gasteiger partial charge in [-0.2, -0.15) is 0 Å². The van der Waals surface area contributed by atoms with Crippen LogP contribution in [0.25, 0.3) is 0 Å². The van der Waals surface area contributed by atoms with E-state index in [1.165, 1.54) is 0 Å². The first-order valence-corrected chi connectivity index (χ1v) is 13.7. The van der Waals surface area contributed by atoms with E-state index < -0.39 is 0 Å². The lowest BCUT2D eigenvalue weighted by molar-refractivity contribution is -0.143. The minimum absolute atomic E-state index is 0.0424. The van der Waals surface area contributed by atoms with Crippen LogP contribution in [0.2, 0.25) is 0 Å². The first kappa shape index (κ1) is 25.1. The Morgan fingerprint density at radius 3 is 2.33 bits per heavy atom. The normalized spacial score (nSPS) is 28.8. The fourth-order valence-corrected chi connectivity index (χ4v) is 6.70. The molecule has 3 atom stereocenters. The van der Waals surface area contributed by atoms with Crippen molar-refractivity contribution in [3.63, 3.8) is 0 Å². The third-order valence-corrected chi connectivity index (χ3v) is 8.68. The summed E-state index contributed by atoms with van der Waals surface area (Å²) in [6.45, 7) is 4.76. The van der Waals surface area contributed by atoms with Crippen molar-refractivity contribution in [1.29, 1.82) is 0 Å². The number of likely N-dealkylation sites (tertiary alicyclic amines) is 3. The highest BCUT2D eigenvalue weighted by Gasteiger charge is 2.45. The van der Waals surface area contributed by atoms with Crippen LogP contribution in [0.15, 0.2) is 30.3 Å². The molecule has 3 saturated heterocycles. The number of nitrogens with one attached hydrogen (secondary N) is 1. The number of ether oxygens (including phenoxy) is 1. The van der Waals surface area contributed by atoms with E-state index >= 15 is 0 Å². The van der Waals surface area contributed by atoms with Gasteiger partial charge in [-0.15, -0.1) is 0 Å². The summed E-state index contributed by atoms with van der Waals surface area (Å²) in [5.41, 5.74) is 0.966. The molecule has 4 aliphatic rings. The van der Waals surface area contributed by atoms with Crippen LogP contribution in [-0.4, -0.2) is 85.0 Å². The zero-order chi connectivity index (χ0) is 25.1. The molecule has 0 spiro atoms. The van der Waals surface area contributed by atoms with Gasteiger partial charge < -0.3 is 24.8 Å². The maximum absolute atomic E-state index is 13.1. The zero-order valence-corrected chi connectivity index (χ0v) is 21.4. The lowest BCUT2D eigenvalue weighted by atomic mass is 9.81.